The SMILES string of the molecule is Cc1cccc(C2(C(=O)O)CCCCC2)c1. The molecule has 86 valence electrons. The Balaban J connectivity index is 2.42. The molecule has 1 fully saturated rings. The number of carboxylic acids is 1. The molecule has 0 aromatic heterocycles. The van der Waals surface area contributed by atoms with Crippen LogP contribution in [-0.2, 0) is 10.2 Å². The van der Waals surface area contributed by atoms with Gasteiger partial charge in [0.15, 0.2) is 0 Å². The van der Waals surface area contributed by atoms with Gasteiger partial charge in [-0.05, 0) is 25.3 Å². The van der Waals surface area contributed by atoms with Gasteiger partial charge in [0.2, 0.25) is 0 Å². The Morgan fingerprint density at radius 3 is 2.50 bits per heavy atom. The van der Waals surface area contributed by atoms with Gasteiger partial charge in [-0.2, -0.15) is 0 Å². The summed E-state index contributed by atoms with van der Waals surface area (Å²) in [4.78, 5) is 11.6. The maximum absolute atomic E-state index is 11.6. The van der Waals surface area contributed by atoms with Gasteiger partial charge in [-0.3, -0.25) is 4.79 Å². The first-order valence-electron chi connectivity index (χ1n) is 5.96. The molecular formula is C14H18O2. The van der Waals surface area contributed by atoms with Gasteiger partial charge in [0, 0.05) is 0 Å². The molecule has 1 aromatic carbocycles. The Morgan fingerprint density at radius 2 is 1.94 bits per heavy atom. The quantitative estimate of drug-likeness (QED) is 0.827. The van der Waals surface area contributed by atoms with E-state index in [0.29, 0.717) is 0 Å². The molecule has 1 aliphatic carbocycles. The molecule has 0 unspecified atom stereocenters. The fourth-order valence-electron chi connectivity index (χ4n) is 2.72. The number of benzene rings is 1. The molecule has 16 heavy (non-hydrogen) atoms. The van der Waals surface area contributed by atoms with Crippen LogP contribution in [0.5, 0.6) is 0 Å². The second-order valence-corrected chi connectivity index (χ2v) is 4.82. The molecule has 0 aliphatic heterocycles. The van der Waals surface area contributed by atoms with Gasteiger partial charge in [-0.25, -0.2) is 0 Å². The van der Waals surface area contributed by atoms with E-state index in [1.807, 2.05) is 31.2 Å². The summed E-state index contributed by atoms with van der Waals surface area (Å²) in [5, 5.41) is 9.53. The molecule has 1 aromatic rings. The first-order chi connectivity index (χ1) is 7.65. The van der Waals surface area contributed by atoms with E-state index >= 15 is 0 Å². The second kappa shape index (κ2) is 4.28. The fraction of sp³-hybridized carbons (Fsp3) is 0.500. The van der Waals surface area contributed by atoms with Crippen LogP contribution in [0.15, 0.2) is 24.3 Å². The molecule has 0 amide bonds. The molecule has 2 nitrogen and oxygen atoms in total. The highest BCUT2D eigenvalue weighted by atomic mass is 16.4. The third-order valence-electron chi connectivity index (χ3n) is 3.69. The predicted octanol–water partition coefficient (Wildman–Crippen LogP) is 3.28. The lowest BCUT2D eigenvalue weighted by Crippen LogP contribution is -2.37. The minimum Gasteiger partial charge on any atom is -0.481 e. The number of aryl methyl sites for hydroxylation is 1. The molecule has 1 saturated carbocycles. The highest BCUT2D eigenvalue weighted by molar-refractivity contribution is 5.81. The molecule has 0 bridgehead atoms. The van der Waals surface area contributed by atoms with Crippen molar-refractivity contribution >= 4 is 5.97 Å². The van der Waals surface area contributed by atoms with E-state index in [1.54, 1.807) is 0 Å². The molecule has 0 heterocycles. The van der Waals surface area contributed by atoms with E-state index in [4.69, 9.17) is 0 Å². The Labute approximate surface area is 96.3 Å². The topological polar surface area (TPSA) is 37.3 Å². The standard InChI is InChI=1S/C14H18O2/c1-11-6-5-7-12(10-11)14(13(15)16)8-3-2-4-9-14/h5-7,10H,2-4,8-9H2,1H3,(H,15,16). The van der Waals surface area contributed by atoms with Gasteiger partial charge >= 0.3 is 5.97 Å². The van der Waals surface area contributed by atoms with Crippen molar-refractivity contribution < 1.29 is 9.90 Å². The van der Waals surface area contributed by atoms with E-state index < -0.39 is 11.4 Å². The maximum Gasteiger partial charge on any atom is 0.314 e. The lowest BCUT2D eigenvalue weighted by Gasteiger charge is -2.33. The summed E-state index contributed by atoms with van der Waals surface area (Å²) >= 11 is 0. The lowest BCUT2D eigenvalue weighted by atomic mass is 9.69. The maximum atomic E-state index is 11.6. The van der Waals surface area contributed by atoms with Crippen molar-refractivity contribution in [2.75, 3.05) is 0 Å². The molecule has 1 N–H and O–H groups in total. The molecule has 2 heteroatoms. The number of rotatable bonds is 2. The summed E-state index contributed by atoms with van der Waals surface area (Å²) in [6.45, 7) is 2.02. The third kappa shape index (κ3) is 1.84. The summed E-state index contributed by atoms with van der Waals surface area (Å²) in [5.41, 5.74) is 1.51. The third-order valence-corrected chi connectivity index (χ3v) is 3.69. The fourth-order valence-corrected chi connectivity index (χ4v) is 2.72. The van der Waals surface area contributed by atoms with Gasteiger partial charge < -0.3 is 5.11 Å². The summed E-state index contributed by atoms with van der Waals surface area (Å²) in [6.07, 6.45) is 4.79. The number of carboxylic acid groups (broad SMARTS) is 1. The smallest absolute Gasteiger partial charge is 0.314 e. The molecule has 0 radical (unpaired) electrons. The monoisotopic (exact) mass is 218 g/mol. The zero-order valence-corrected chi connectivity index (χ0v) is 9.70. The Morgan fingerprint density at radius 1 is 1.25 bits per heavy atom. The Kier molecular flexibility index (Phi) is 2.99. The molecular weight excluding hydrogens is 200 g/mol. The van der Waals surface area contributed by atoms with Gasteiger partial charge in [-0.1, -0.05) is 49.1 Å². The molecule has 1 aliphatic rings. The minimum atomic E-state index is -0.655. The van der Waals surface area contributed by atoms with Crippen molar-refractivity contribution in [3.05, 3.63) is 35.4 Å². The van der Waals surface area contributed by atoms with Crippen LogP contribution in [0.2, 0.25) is 0 Å². The first-order valence-corrected chi connectivity index (χ1v) is 5.96. The molecule has 0 saturated heterocycles. The van der Waals surface area contributed by atoms with Crippen LogP contribution in [0.4, 0.5) is 0 Å². The van der Waals surface area contributed by atoms with E-state index in [-0.39, 0.29) is 0 Å². The summed E-state index contributed by atoms with van der Waals surface area (Å²) < 4.78 is 0. The van der Waals surface area contributed by atoms with Crippen LogP contribution >= 0.6 is 0 Å². The Bertz CT molecular complexity index is 389. The van der Waals surface area contributed by atoms with E-state index in [2.05, 4.69) is 0 Å². The van der Waals surface area contributed by atoms with E-state index in [1.165, 1.54) is 6.42 Å². The number of hydrogen-bond donors (Lipinski definition) is 1. The van der Waals surface area contributed by atoms with Gasteiger partial charge in [0.05, 0.1) is 5.41 Å². The first kappa shape index (κ1) is 11.2. The van der Waals surface area contributed by atoms with Crippen LogP contribution < -0.4 is 0 Å². The van der Waals surface area contributed by atoms with Gasteiger partial charge in [0.25, 0.3) is 0 Å². The zero-order valence-electron chi connectivity index (χ0n) is 9.70. The summed E-state index contributed by atoms with van der Waals surface area (Å²) in [7, 11) is 0. The normalized spacial score (nSPS) is 19.3. The summed E-state index contributed by atoms with van der Waals surface area (Å²) in [6, 6.07) is 7.97. The largest absolute Gasteiger partial charge is 0.481 e. The Hall–Kier alpha value is -1.31. The average Bonchev–Trinajstić information content (AvgIpc) is 2.30. The van der Waals surface area contributed by atoms with Crippen LogP contribution in [0.1, 0.15) is 43.2 Å². The van der Waals surface area contributed by atoms with Gasteiger partial charge in [-0.15, -0.1) is 0 Å². The number of aliphatic carboxylic acids is 1. The van der Waals surface area contributed by atoms with Crippen LogP contribution in [0.3, 0.4) is 0 Å². The zero-order chi connectivity index (χ0) is 11.6. The van der Waals surface area contributed by atoms with Crippen LogP contribution in [0, 0.1) is 6.92 Å². The highest BCUT2D eigenvalue weighted by Gasteiger charge is 2.41. The predicted molar refractivity (Wildman–Crippen MR) is 63.6 cm³/mol. The van der Waals surface area contributed by atoms with Crippen molar-refractivity contribution in [1.29, 1.82) is 0 Å². The molecule has 2 rings (SSSR count). The summed E-state index contributed by atoms with van der Waals surface area (Å²) in [5.74, 6) is -0.655. The van der Waals surface area contributed by atoms with Crippen LogP contribution in [0.25, 0.3) is 0 Å². The van der Waals surface area contributed by atoms with Gasteiger partial charge in [0.1, 0.15) is 0 Å². The number of carbonyl (C=O) groups is 1. The highest BCUT2D eigenvalue weighted by Crippen LogP contribution is 2.39. The van der Waals surface area contributed by atoms with Crippen molar-refractivity contribution in [2.24, 2.45) is 0 Å². The second-order valence-electron chi connectivity index (χ2n) is 4.82. The lowest BCUT2D eigenvalue weighted by molar-refractivity contribution is -0.145. The van der Waals surface area contributed by atoms with Crippen molar-refractivity contribution in [3.63, 3.8) is 0 Å². The van der Waals surface area contributed by atoms with Crippen molar-refractivity contribution in [3.8, 4) is 0 Å². The van der Waals surface area contributed by atoms with E-state index in [0.717, 1.165) is 36.8 Å². The van der Waals surface area contributed by atoms with E-state index in [9.17, 15) is 9.90 Å². The molecule has 0 spiro atoms. The molecule has 0 atom stereocenters. The van der Waals surface area contributed by atoms with Crippen molar-refractivity contribution in [2.45, 2.75) is 44.4 Å². The van der Waals surface area contributed by atoms with Crippen LogP contribution in [-0.4, -0.2) is 11.1 Å². The average molecular weight is 218 g/mol. The minimum absolute atomic E-state index is 0.621. The number of hydrogen-bond acceptors (Lipinski definition) is 1. The van der Waals surface area contributed by atoms with Crippen molar-refractivity contribution in [1.82, 2.24) is 0 Å².